The molecule has 1 N–H and O–H groups in total. The summed E-state index contributed by atoms with van der Waals surface area (Å²) in [7, 11) is 0. The van der Waals surface area contributed by atoms with Gasteiger partial charge in [0.2, 0.25) is 0 Å². The lowest BCUT2D eigenvalue weighted by molar-refractivity contribution is -0.0497. The molecule has 21 heavy (non-hydrogen) atoms. The highest BCUT2D eigenvalue weighted by Crippen LogP contribution is 2.40. The predicted molar refractivity (Wildman–Crippen MR) is 86.2 cm³/mol. The van der Waals surface area contributed by atoms with Crippen molar-refractivity contribution in [3.05, 3.63) is 22.2 Å². The smallest absolute Gasteiger partial charge is 0.387 e. The van der Waals surface area contributed by atoms with Gasteiger partial charge in [0.1, 0.15) is 0 Å². The van der Waals surface area contributed by atoms with Crippen molar-refractivity contribution in [2.45, 2.75) is 32.9 Å². The van der Waals surface area contributed by atoms with Gasteiger partial charge in [-0.25, -0.2) is 0 Å². The van der Waals surface area contributed by atoms with E-state index in [2.05, 4.69) is 23.9 Å². The Labute approximate surface area is 137 Å². The van der Waals surface area contributed by atoms with Crippen LogP contribution in [0.25, 0.3) is 0 Å². The average Bonchev–Trinajstić information content (AvgIpc) is 2.36. The third kappa shape index (κ3) is 4.30. The minimum Gasteiger partial charge on any atom is -0.432 e. The summed E-state index contributed by atoms with van der Waals surface area (Å²) < 4.78 is 28.9. The molecule has 1 saturated heterocycles. The largest absolute Gasteiger partial charge is 0.432 e. The van der Waals surface area contributed by atoms with Gasteiger partial charge in [-0.3, -0.25) is 0 Å². The van der Waals surface area contributed by atoms with Gasteiger partial charge in [-0.05, 0) is 29.7 Å². The van der Waals surface area contributed by atoms with E-state index in [0.717, 1.165) is 17.9 Å². The Morgan fingerprint density at radius 2 is 1.95 bits per heavy atom. The number of thioether (sulfide) groups is 1. The first kappa shape index (κ1) is 17.0. The quantitative estimate of drug-likeness (QED) is 0.766. The standard InChI is InChI=1S/C14H17Cl2F2NOS/c1-14(2)3-4-21-7-11(14)19-8-5-9(15)12(10(16)6-8)20-13(17)18/h5-6,11,13,19H,3-4,7H2,1-2H3. The normalized spacial score (nSPS) is 21.4. The second-order valence-corrected chi connectivity index (χ2v) is 7.62. The van der Waals surface area contributed by atoms with Crippen LogP contribution < -0.4 is 10.1 Å². The van der Waals surface area contributed by atoms with E-state index in [-0.39, 0.29) is 27.3 Å². The van der Waals surface area contributed by atoms with Gasteiger partial charge in [-0.2, -0.15) is 20.5 Å². The van der Waals surface area contributed by atoms with Crippen LogP contribution >= 0.6 is 35.0 Å². The molecule has 2 nitrogen and oxygen atoms in total. The number of anilines is 1. The van der Waals surface area contributed by atoms with Crippen LogP contribution in [-0.4, -0.2) is 24.2 Å². The molecule has 0 aromatic heterocycles. The van der Waals surface area contributed by atoms with Crippen molar-refractivity contribution in [2.75, 3.05) is 16.8 Å². The first-order valence-corrected chi connectivity index (χ1v) is 8.49. The molecule has 7 heteroatoms. The Kier molecular flexibility index (Phi) is 5.49. The number of benzene rings is 1. The maximum atomic E-state index is 12.3. The van der Waals surface area contributed by atoms with E-state index in [0.29, 0.717) is 5.69 Å². The van der Waals surface area contributed by atoms with E-state index >= 15 is 0 Å². The summed E-state index contributed by atoms with van der Waals surface area (Å²) in [6.45, 7) is 1.47. The Bertz CT molecular complexity index is 491. The van der Waals surface area contributed by atoms with Crippen molar-refractivity contribution in [3.8, 4) is 5.75 Å². The molecule has 1 fully saturated rings. The van der Waals surface area contributed by atoms with Crippen molar-refractivity contribution in [2.24, 2.45) is 5.41 Å². The summed E-state index contributed by atoms with van der Waals surface area (Å²) in [5.74, 6) is 1.95. The Morgan fingerprint density at radius 3 is 2.48 bits per heavy atom. The van der Waals surface area contributed by atoms with Crippen LogP contribution in [0.1, 0.15) is 20.3 Å². The molecule has 1 atom stereocenters. The summed E-state index contributed by atoms with van der Waals surface area (Å²) in [4.78, 5) is 0. The van der Waals surface area contributed by atoms with Crippen LogP contribution in [0.5, 0.6) is 5.75 Å². The molecule has 0 spiro atoms. The maximum Gasteiger partial charge on any atom is 0.387 e. The number of halogens is 4. The summed E-state index contributed by atoms with van der Waals surface area (Å²) >= 11 is 13.9. The van der Waals surface area contributed by atoms with Gasteiger partial charge in [0, 0.05) is 17.5 Å². The summed E-state index contributed by atoms with van der Waals surface area (Å²) in [5, 5.41) is 3.55. The fraction of sp³-hybridized carbons (Fsp3) is 0.571. The number of nitrogens with one attached hydrogen (secondary N) is 1. The number of hydrogen-bond donors (Lipinski definition) is 1. The Balaban J connectivity index is 2.18. The van der Waals surface area contributed by atoms with E-state index in [1.54, 1.807) is 12.1 Å². The van der Waals surface area contributed by atoms with Gasteiger partial charge < -0.3 is 10.1 Å². The van der Waals surface area contributed by atoms with Crippen LogP contribution in [0.4, 0.5) is 14.5 Å². The lowest BCUT2D eigenvalue weighted by Crippen LogP contribution is -2.41. The van der Waals surface area contributed by atoms with Crippen molar-refractivity contribution in [1.29, 1.82) is 0 Å². The van der Waals surface area contributed by atoms with E-state index in [9.17, 15) is 8.78 Å². The van der Waals surface area contributed by atoms with Gasteiger partial charge in [-0.1, -0.05) is 37.0 Å². The van der Waals surface area contributed by atoms with Crippen molar-refractivity contribution in [3.63, 3.8) is 0 Å². The van der Waals surface area contributed by atoms with Gasteiger partial charge in [0.15, 0.2) is 5.75 Å². The topological polar surface area (TPSA) is 21.3 Å². The molecule has 1 heterocycles. The molecule has 1 aromatic carbocycles. The lowest BCUT2D eigenvalue weighted by Gasteiger charge is -2.39. The van der Waals surface area contributed by atoms with Gasteiger partial charge >= 0.3 is 6.61 Å². The fourth-order valence-electron chi connectivity index (χ4n) is 2.22. The van der Waals surface area contributed by atoms with Crippen molar-refractivity contribution in [1.82, 2.24) is 0 Å². The fourth-order valence-corrected chi connectivity index (χ4v) is 4.40. The molecule has 0 aliphatic carbocycles. The number of rotatable bonds is 4. The van der Waals surface area contributed by atoms with E-state index < -0.39 is 6.61 Å². The predicted octanol–water partition coefficient (Wildman–Crippen LogP) is 5.54. The molecule has 0 amide bonds. The molecule has 0 saturated carbocycles. The zero-order valence-corrected chi connectivity index (χ0v) is 14.1. The van der Waals surface area contributed by atoms with Gasteiger partial charge in [0.05, 0.1) is 10.0 Å². The minimum absolute atomic E-state index is 0.0755. The molecule has 0 radical (unpaired) electrons. The molecule has 1 aliphatic rings. The monoisotopic (exact) mass is 355 g/mol. The van der Waals surface area contributed by atoms with E-state index in [1.807, 2.05) is 11.8 Å². The van der Waals surface area contributed by atoms with Crippen LogP contribution in [0.2, 0.25) is 10.0 Å². The zero-order chi connectivity index (χ0) is 15.6. The van der Waals surface area contributed by atoms with Crippen LogP contribution in [-0.2, 0) is 0 Å². The highest BCUT2D eigenvalue weighted by atomic mass is 35.5. The Hall–Kier alpha value is -0.390. The summed E-state index contributed by atoms with van der Waals surface area (Å²) in [6, 6.07) is 3.41. The highest BCUT2D eigenvalue weighted by molar-refractivity contribution is 7.99. The average molecular weight is 356 g/mol. The number of alkyl halides is 2. The molecule has 1 aromatic rings. The summed E-state index contributed by atoms with van der Waals surface area (Å²) in [5.41, 5.74) is 0.870. The molecule has 2 rings (SSSR count). The number of ether oxygens (including phenoxy) is 1. The highest BCUT2D eigenvalue weighted by Gasteiger charge is 2.32. The van der Waals surface area contributed by atoms with Crippen LogP contribution in [0.15, 0.2) is 12.1 Å². The molecular formula is C14H17Cl2F2NOS. The van der Waals surface area contributed by atoms with Crippen molar-refractivity contribution >= 4 is 40.7 Å². The first-order chi connectivity index (χ1) is 9.79. The summed E-state index contributed by atoms with van der Waals surface area (Å²) in [6.07, 6.45) is 1.11. The van der Waals surface area contributed by atoms with Crippen LogP contribution in [0.3, 0.4) is 0 Å². The minimum atomic E-state index is -2.95. The van der Waals surface area contributed by atoms with Crippen molar-refractivity contribution < 1.29 is 13.5 Å². The maximum absolute atomic E-state index is 12.3. The SMILES string of the molecule is CC1(C)CCSCC1Nc1cc(Cl)c(OC(F)F)c(Cl)c1. The molecular weight excluding hydrogens is 339 g/mol. The van der Waals surface area contributed by atoms with E-state index in [4.69, 9.17) is 23.2 Å². The van der Waals surface area contributed by atoms with E-state index in [1.165, 1.54) is 0 Å². The zero-order valence-electron chi connectivity index (χ0n) is 11.8. The van der Waals surface area contributed by atoms with Gasteiger partial charge in [0.25, 0.3) is 0 Å². The second-order valence-electron chi connectivity index (χ2n) is 5.66. The molecule has 1 aliphatic heterocycles. The second kappa shape index (κ2) is 6.80. The third-order valence-electron chi connectivity index (χ3n) is 3.66. The van der Waals surface area contributed by atoms with Gasteiger partial charge in [-0.15, -0.1) is 0 Å². The lowest BCUT2D eigenvalue weighted by atomic mass is 9.82. The molecule has 118 valence electrons. The Morgan fingerprint density at radius 1 is 1.33 bits per heavy atom. The van der Waals surface area contributed by atoms with Crippen LogP contribution in [0, 0.1) is 5.41 Å². The molecule has 1 unspecified atom stereocenters. The molecule has 0 bridgehead atoms. The number of hydrogen-bond acceptors (Lipinski definition) is 3. The third-order valence-corrected chi connectivity index (χ3v) is 5.29. The first-order valence-electron chi connectivity index (χ1n) is 6.58.